The summed E-state index contributed by atoms with van der Waals surface area (Å²) < 4.78 is 10.5. The Labute approximate surface area is 123 Å². The van der Waals surface area contributed by atoms with Gasteiger partial charge in [0.05, 0.1) is 33.8 Å². The molecule has 3 rings (SSSR count). The quantitative estimate of drug-likeness (QED) is 0.748. The largest absolute Gasteiger partial charge is 0.496 e. The fraction of sp³-hybridized carbons (Fsp3) is 0.0833. The molecule has 0 saturated carbocycles. The first-order chi connectivity index (χ1) is 9.69. The topological polar surface area (TPSA) is 87.1 Å². The minimum Gasteiger partial charge on any atom is -0.496 e. The van der Waals surface area contributed by atoms with Crippen molar-refractivity contribution in [2.24, 2.45) is 0 Å². The summed E-state index contributed by atoms with van der Waals surface area (Å²) in [6, 6.07) is 3.26. The highest BCUT2D eigenvalue weighted by molar-refractivity contribution is 7.13. The molecule has 0 aliphatic rings. The third-order valence-corrected chi connectivity index (χ3v) is 3.72. The van der Waals surface area contributed by atoms with Crippen LogP contribution < -0.4 is 10.5 Å². The van der Waals surface area contributed by atoms with E-state index in [1.807, 2.05) is 0 Å². The van der Waals surface area contributed by atoms with Crippen LogP contribution in [-0.4, -0.2) is 22.2 Å². The average molecular weight is 309 g/mol. The smallest absolute Gasteiger partial charge is 0.262 e. The van der Waals surface area contributed by atoms with E-state index >= 15 is 0 Å². The molecule has 0 saturated heterocycles. The molecule has 0 bridgehead atoms. The number of hydrogen-bond donors (Lipinski definition) is 1. The van der Waals surface area contributed by atoms with Crippen LogP contribution in [0.5, 0.6) is 5.75 Å². The number of methoxy groups -OCH3 is 1. The molecule has 0 unspecified atom stereocenters. The van der Waals surface area contributed by atoms with Crippen LogP contribution >= 0.6 is 22.9 Å². The Morgan fingerprint density at radius 1 is 1.40 bits per heavy atom. The van der Waals surface area contributed by atoms with E-state index in [1.54, 1.807) is 23.8 Å². The van der Waals surface area contributed by atoms with E-state index < -0.39 is 0 Å². The maximum Gasteiger partial charge on any atom is 0.262 e. The summed E-state index contributed by atoms with van der Waals surface area (Å²) in [7, 11) is 1.53. The van der Waals surface area contributed by atoms with Crippen molar-refractivity contribution in [2.75, 3.05) is 12.8 Å². The molecule has 2 N–H and O–H groups in total. The van der Waals surface area contributed by atoms with E-state index in [0.29, 0.717) is 33.7 Å². The Morgan fingerprint density at radius 3 is 2.95 bits per heavy atom. The molecule has 0 radical (unpaired) electrons. The minimum absolute atomic E-state index is 0.312. The van der Waals surface area contributed by atoms with Crippen molar-refractivity contribution in [1.82, 2.24) is 15.1 Å². The van der Waals surface area contributed by atoms with Gasteiger partial charge in [-0.3, -0.25) is 4.98 Å². The van der Waals surface area contributed by atoms with Gasteiger partial charge >= 0.3 is 0 Å². The number of anilines is 1. The summed E-state index contributed by atoms with van der Waals surface area (Å²) in [5.74, 6) is 1.30. The monoisotopic (exact) mass is 308 g/mol. The first kappa shape index (κ1) is 12.9. The second kappa shape index (κ2) is 5.10. The predicted octanol–water partition coefficient (Wildman–Crippen LogP) is 3.10. The molecule has 102 valence electrons. The second-order valence-corrected chi connectivity index (χ2v) is 5.16. The number of hydrogen-bond acceptors (Lipinski definition) is 7. The van der Waals surface area contributed by atoms with Gasteiger partial charge in [0.15, 0.2) is 0 Å². The van der Waals surface area contributed by atoms with Crippen LogP contribution in [0.3, 0.4) is 0 Å². The Bertz CT molecular complexity index is 742. The molecule has 6 nitrogen and oxygen atoms in total. The maximum absolute atomic E-state index is 6.02. The lowest BCUT2D eigenvalue weighted by Crippen LogP contribution is -1.93. The van der Waals surface area contributed by atoms with Crippen LogP contribution in [0, 0.1) is 0 Å². The first-order valence-corrected chi connectivity index (χ1v) is 6.80. The summed E-state index contributed by atoms with van der Waals surface area (Å²) in [6.45, 7) is 0. The lowest BCUT2D eigenvalue weighted by molar-refractivity contribution is 0.406. The summed E-state index contributed by atoms with van der Waals surface area (Å²) in [4.78, 5) is 9.11. The Kier molecular flexibility index (Phi) is 3.29. The van der Waals surface area contributed by atoms with E-state index in [9.17, 15) is 0 Å². The Hall–Kier alpha value is -2.12. The standard InChI is InChI=1S/C12H9ClN4O2S/c1-18-9-3-8(14)7(13)2-6(9)12-16-11(17-19-12)10-4-15-5-20-10/h2-5H,14H2,1H3. The van der Waals surface area contributed by atoms with E-state index in [-0.39, 0.29) is 0 Å². The summed E-state index contributed by atoms with van der Waals surface area (Å²) in [5.41, 5.74) is 8.46. The van der Waals surface area contributed by atoms with Gasteiger partial charge in [-0.25, -0.2) is 0 Å². The van der Waals surface area contributed by atoms with E-state index in [0.717, 1.165) is 4.88 Å². The number of nitrogens with zero attached hydrogens (tertiary/aromatic N) is 3. The molecule has 0 aliphatic carbocycles. The number of ether oxygens (including phenoxy) is 1. The highest BCUT2D eigenvalue weighted by atomic mass is 35.5. The second-order valence-electron chi connectivity index (χ2n) is 3.86. The first-order valence-electron chi connectivity index (χ1n) is 5.55. The number of nitrogen functional groups attached to an aromatic ring is 1. The van der Waals surface area contributed by atoms with Gasteiger partial charge in [0, 0.05) is 12.3 Å². The van der Waals surface area contributed by atoms with Gasteiger partial charge in [-0.05, 0) is 6.07 Å². The molecule has 2 heterocycles. The molecular weight excluding hydrogens is 300 g/mol. The zero-order valence-corrected chi connectivity index (χ0v) is 11.9. The SMILES string of the molecule is COc1cc(N)c(Cl)cc1-c1nc(-c2cncs2)no1. The number of benzene rings is 1. The molecule has 20 heavy (non-hydrogen) atoms. The van der Waals surface area contributed by atoms with Gasteiger partial charge in [0.1, 0.15) is 5.75 Å². The van der Waals surface area contributed by atoms with Crippen LogP contribution in [-0.2, 0) is 0 Å². The fourth-order valence-electron chi connectivity index (χ4n) is 1.66. The molecule has 0 atom stereocenters. The van der Waals surface area contributed by atoms with Crippen molar-refractivity contribution in [1.29, 1.82) is 0 Å². The minimum atomic E-state index is 0.312. The Balaban J connectivity index is 2.07. The van der Waals surface area contributed by atoms with Crippen molar-refractivity contribution in [2.45, 2.75) is 0 Å². The summed E-state index contributed by atoms with van der Waals surface area (Å²) in [6.07, 6.45) is 1.67. The van der Waals surface area contributed by atoms with Crippen LogP contribution in [0.25, 0.3) is 22.2 Å². The normalized spacial score (nSPS) is 10.7. The third-order valence-electron chi connectivity index (χ3n) is 2.63. The molecule has 0 spiro atoms. The van der Waals surface area contributed by atoms with Gasteiger partial charge in [0.25, 0.3) is 5.89 Å². The van der Waals surface area contributed by atoms with Gasteiger partial charge in [-0.15, -0.1) is 11.3 Å². The van der Waals surface area contributed by atoms with E-state index in [1.165, 1.54) is 18.4 Å². The summed E-state index contributed by atoms with van der Waals surface area (Å²) >= 11 is 7.45. The molecule has 0 amide bonds. The Morgan fingerprint density at radius 2 is 2.25 bits per heavy atom. The average Bonchev–Trinajstić information content (AvgIpc) is 3.10. The molecule has 8 heteroatoms. The number of aromatic nitrogens is 3. The van der Waals surface area contributed by atoms with Crippen molar-refractivity contribution in [3.63, 3.8) is 0 Å². The van der Waals surface area contributed by atoms with E-state index in [4.69, 9.17) is 26.6 Å². The van der Waals surface area contributed by atoms with E-state index in [2.05, 4.69) is 15.1 Å². The van der Waals surface area contributed by atoms with Crippen LogP contribution in [0.2, 0.25) is 5.02 Å². The lowest BCUT2D eigenvalue weighted by Gasteiger charge is -2.07. The molecule has 1 aromatic carbocycles. The molecule has 0 fully saturated rings. The molecule has 3 aromatic rings. The lowest BCUT2D eigenvalue weighted by atomic mass is 10.2. The zero-order valence-electron chi connectivity index (χ0n) is 10.3. The maximum atomic E-state index is 6.02. The number of nitrogens with two attached hydrogens (primary N) is 1. The van der Waals surface area contributed by atoms with Crippen LogP contribution in [0.4, 0.5) is 5.69 Å². The van der Waals surface area contributed by atoms with Crippen LogP contribution in [0.1, 0.15) is 0 Å². The van der Waals surface area contributed by atoms with Gasteiger partial charge in [-0.2, -0.15) is 4.98 Å². The summed E-state index contributed by atoms with van der Waals surface area (Å²) in [5, 5.41) is 4.32. The van der Waals surface area contributed by atoms with Crippen molar-refractivity contribution in [3.8, 4) is 27.9 Å². The number of halogens is 1. The third kappa shape index (κ3) is 2.21. The predicted molar refractivity (Wildman–Crippen MR) is 76.8 cm³/mol. The fourth-order valence-corrected chi connectivity index (χ4v) is 2.37. The van der Waals surface area contributed by atoms with Gasteiger partial charge < -0.3 is 15.0 Å². The zero-order chi connectivity index (χ0) is 14.1. The highest BCUT2D eigenvalue weighted by Crippen LogP contribution is 2.36. The van der Waals surface area contributed by atoms with Gasteiger partial charge in [-0.1, -0.05) is 16.8 Å². The highest BCUT2D eigenvalue weighted by Gasteiger charge is 2.17. The number of thiazole rings is 1. The number of rotatable bonds is 3. The van der Waals surface area contributed by atoms with Crippen molar-refractivity contribution >= 4 is 28.6 Å². The molecular formula is C12H9ClN4O2S. The molecule has 2 aromatic heterocycles. The van der Waals surface area contributed by atoms with Crippen LogP contribution in [0.15, 0.2) is 28.4 Å². The van der Waals surface area contributed by atoms with Crippen molar-refractivity contribution < 1.29 is 9.26 Å². The van der Waals surface area contributed by atoms with Crippen molar-refractivity contribution in [3.05, 3.63) is 28.9 Å². The van der Waals surface area contributed by atoms with Gasteiger partial charge in [0.2, 0.25) is 5.82 Å². The molecule has 0 aliphatic heterocycles.